The molecule has 0 aliphatic carbocycles. The zero-order valence-electron chi connectivity index (χ0n) is 18.8. The van der Waals surface area contributed by atoms with Gasteiger partial charge < -0.3 is 20.2 Å². The van der Waals surface area contributed by atoms with Crippen molar-refractivity contribution in [3.05, 3.63) is 53.2 Å². The molecule has 1 fully saturated rings. The van der Waals surface area contributed by atoms with Crippen LogP contribution in [0.15, 0.2) is 36.4 Å². The molecule has 10 heteroatoms. The maximum atomic E-state index is 13.6. The van der Waals surface area contributed by atoms with Crippen molar-refractivity contribution >= 4 is 17.5 Å². The minimum absolute atomic E-state index is 0.0292. The lowest BCUT2D eigenvalue weighted by atomic mass is 9.69. The number of pyridine rings is 1. The summed E-state index contributed by atoms with van der Waals surface area (Å²) in [6, 6.07) is 10.6. The van der Waals surface area contributed by atoms with Gasteiger partial charge >= 0.3 is 6.61 Å². The number of aryl methyl sites for hydroxylation is 1. The number of halogens is 2. The number of anilines is 1. The fourth-order valence-corrected chi connectivity index (χ4v) is 4.02. The molecule has 0 spiro atoms. The van der Waals surface area contributed by atoms with E-state index in [2.05, 4.69) is 15.0 Å². The number of ether oxygens (including phenoxy) is 1. The second-order valence-corrected chi connectivity index (χ2v) is 8.37. The Morgan fingerprint density at radius 3 is 2.55 bits per heavy atom. The zero-order chi connectivity index (χ0) is 24.2. The van der Waals surface area contributed by atoms with Gasteiger partial charge in [0, 0.05) is 31.7 Å². The van der Waals surface area contributed by atoms with E-state index in [1.54, 1.807) is 13.0 Å². The SMILES string of the molecule is Cc1ccc(NC(=O)C2(c3ccccc3C(C)C)CN(C(=O)CCNO)C2)c(OC(F)F)n1. The van der Waals surface area contributed by atoms with E-state index in [-0.39, 0.29) is 49.4 Å². The summed E-state index contributed by atoms with van der Waals surface area (Å²) >= 11 is 0. The Morgan fingerprint density at radius 1 is 1.21 bits per heavy atom. The van der Waals surface area contributed by atoms with Crippen LogP contribution in [0.4, 0.5) is 14.5 Å². The quantitative estimate of drug-likeness (QED) is 0.495. The molecule has 1 aromatic heterocycles. The number of hydroxylamine groups is 1. The Morgan fingerprint density at radius 2 is 1.91 bits per heavy atom. The molecule has 2 heterocycles. The summed E-state index contributed by atoms with van der Waals surface area (Å²) < 4.78 is 30.3. The zero-order valence-corrected chi connectivity index (χ0v) is 18.8. The third-order valence-corrected chi connectivity index (χ3v) is 5.71. The van der Waals surface area contributed by atoms with E-state index in [1.165, 1.54) is 11.0 Å². The molecule has 2 amide bonds. The van der Waals surface area contributed by atoms with Crippen molar-refractivity contribution < 1.29 is 28.3 Å². The van der Waals surface area contributed by atoms with Crippen molar-refractivity contribution in [2.45, 2.75) is 45.1 Å². The van der Waals surface area contributed by atoms with Gasteiger partial charge in [-0.3, -0.25) is 9.59 Å². The average Bonchev–Trinajstić information content (AvgIpc) is 2.73. The van der Waals surface area contributed by atoms with Crippen LogP contribution in [0.3, 0.4) is 0 Å². The predicted octanol–water partition coefficient (Wildman–Crippen LogP) is 3.20. The molecule has 0 radical (unpaired) electrons. The molecule has 0 atom stereocenters. The minimum Gasteiger partial charge on any atom is -0.415 e. The number of aromatic nitrogens is 1. The molecule has 0 saturated carbocycles. The van der Waals surface area contributed by atoms with Crippen LogP contribution < -0.4 is 15.5 Å². The molecule has 2 aromatic rings. The number of alkyl halides is 2. The molecule has 1 aliphatic rings. The van der Waals surface area contributed by atoms with Crippen molar-refractivity contribution in [1.82, 2.24) is 15.4 Å². The van der Waals surface area contributed by atoms with E-state index in [9.17, 15) is 18.4 Å². The first-order valence-corrected chi connectivity index (χ1v) is 10.7. The van der Waals surface area contributed by atoms with Gasteiger partial charge in [-0.2, -0.15) is 8.78 Å². The number of hydrogen-bond acceptors (Lipinski definition) is 6. The van der Waals surface area contributed by atoms with Crippen molar-refractivity contribution in [2.75, 3.05) is 25.0 Å². The molecule has 8 nitrogen and oxygen atoms in total. The molecule has 33 heavy (non-hydrogen) atoms. The first kappa shape index (κ1) is 24.5. The van der Waals surface area contributed by atoms with Gasteiger partial charge in [0.15, 0.2) is 0 Å². The number of carbonyl (C=O) groups is 2. The Labute approximate surface area is 190 Å². The molecule has 3 N–H and O–H groups in total. The maximum Gasteiger partial charge on any atom is 0.388 e. The van der Waals surface area contributed by atoms with Gasteiger partial charge in [0.2, 0.25) is 17.7 Å². The summed E-state index contributed by atoms with van der Waals surface area (Å²) in [6.45, 7) is 2.90. The van der Waals surface area contributed by atoms with Crippen LogP contribution in [0.5, 0.6) is 5.88 Å². The summed E-state index contributed by atoms with van der Waals surface area (Å²) in [7, 11) is 0. The lowest BCUT2D eigenvalue weighted by molar-refractivity contribution is -0.144. The highest BCUT2D eigenvalue weighted by Gasteiger charge is 2.53. The number of nitrogens with one attached hydrogen (secondary N) is 2. The summed E-state index contributed by atoms with van der Waals surface area (Å²) in [5.74, 6) is -0.898. The number of rotatable bonds is 9. The molecular formula is C23H28F2N4O4. The third-order valence-electron chi connectivity index (χ3n) is 5.71. The second kappa shape index (κ2) is 10.2. The smallest absolute Gasteiger partial charge is 0.388 e. The highest BCUT2D eigenvalue weighted by Crippen LogP contribution is 2.40. The predicted molar refractivity (Wildman–Crippen MR) is 117 cm³/mol. The maximum absolute atomic E-state index is 13.6. The van der Waals surface area contributed by atoms with E-state index in [0.29, 0.717) is 5.69 Å². The van der Waals surface area contributed by atoms with E-state index in [0.717, 1.165) is 11.1 Å². The van der Waals surface area contributed by atoms with Gasteiger partial charge in [-0.15, -0.1) is 0 Å². The molecule has 1 aliphatic heterocycles. The number of carbonyl (C=O) groups excluding carboxylic acids is 2. The fraction of sp³-hybridized carbons (Fsp3) is 0.435. The highest BCUT2D eigenvalue weighted by atomic mass is 19.3. The summed E-state index contributed by atoms with van der Waals surface area (Å²) in [4.78, 5) is 31.6. The number of likely N-dealkylation sites (tertiary alicyclic amines) is 1. The molecule has 1 saturated heterocycles. The van der Waals surface area contributed by atoms with Gasteiger partial charge in [-0.05, 0) is 36.1 Å². The van der Waals surface area contributed by atoms with E-state index in [4.69, 9.17) is 5.21 Å². The van der Waals surface area contributed by atoms with Gasteiger partial charge in [-0.1, -0.05) is 38.1 Å². The number of benzene rings is 1. The molecule has 1 aromatic carbocycles. The van der Waals surface area contributed by atoms with E-state index < -0.39 is 17.9 Å². The van der Waals surface area contributed by atoms with Gasteiger partial charge in [-0.25, -0.2) is 10.5 Å². The lowest BCUT2D eigenvalue weighted by Gasteiger charge is -2.50. The Bertz CT molecular complexity index is 1010. The molecular weight excluding hydrogens is 434 g/mol. The van der Waals surface area contributed by atoms with Crippen LogP contribution in [-0.2, 0) is 15.0 Å². The number of amides is 2. The molecule has 3 rings (SSSR count). The van der Waals surface area contributed by atoms with Gasteiger partial charge in [0.05, 0.1) is 0 Å². The second-order valence-electron chi connectivity index (χ2n) is 8.37. The third kappa shape index (κ3) is 5.28. The van der Waals surface area contributed by atoms with Crippen molar-refractivity contribution in [3.63, 3.8) is 0 Å². The monoisotopic (exact) mass is 462 g/mol. The van der Waals surface area contributed by atoms with E-state index in [1.807, 2.05) is 43.6 Å². The summed E-state index contributed by atoms with van der Waals surface area (Å²) in [5, 5.41) is 11.5. The topological polar surface area (TPSA) is 104 Å². The summed E-state index contributed by atoms with van der Waals surface area (Å²) in [6.07, 6.45) is 0.0777. The van der Waals surface area contributed by atoms with Crippen molar-refractivity contribution in [1.29, 1.82) is 0 Å². The van der Waals surface area contributed by atoms with Crippen LogP contribution in [0.25, 0.3) is 0 Å². The lowest BCUT2D eigenvalue weighted by Crippen LogP contribution is -2.66. The van der Waals surface area contributed by atoms with Crippen LogP contribution in [0.2, 0.25) is 0 Å². The first-order chi connectivity index (χ1) is 15.7. The average molecular weight is 462 g/mol. The highest BCUT2D eigenvalue weighted by molar-refractivity contribution is 6.02. The normalized spacial score (nSPS) is 14.8. The Balaban J connectivity index is 1.95. The fourth-order valence-electron chi connectivity index (χ4n) is 4.02. The molecule has 178 valence electrons. The van der Waals surface area contributed by atoms with E-state index >= 15 is 0 Å². The van der Waals surface area contributed by atoms with Crippen molar-refractivity contribution in [2.24, 2.45) is 0 Å². The minimum atomic E-state index is -3.09. The van der Waals surface area contributed by atoms with Crippen molar-refractivity contribution in [3.8, 4) is 5.88 Å². The van der Waals surface area contributed by atoms with Crippen LogP contribution >= 0.6 is 0 Å². The van der Waals surface area contributed by atoms with Gasteiger partial charge in [0.25, 0.3) is 0 Å². The van der Waals surface area contributed by atoms with Crippen LogP contribution in [0, 0.1) is 6.92 Å². The standard InChI is InChI=1S/C23H28F2N4O4/c1-14(2)16-6-4-5-7-17(16)23(12-29(13-23)19(30)10-11-26-32)21(31)28-18-9-8-15(3)27-20(18)33-22(24)25/h4-9,14,22,26,32H,10-13H2,1-3H3,(H,28,31). The summed E-state index contributed by atoms with van der Waals surface area (Å²) in [5.41, 5.74) is 3.10. The van der Waals surface area contributed by atoms with Crippen LogP contribution in [-0.4, -0.2) is 53.2 Å². The number of hydrogen-bond donors (Lipinski definition) is 3. The first-order valence-electron chi connectivity index (χ1n) is 10.7. The van der Waals surface area contributed by atoms with Crippen LogP contribution in [0.1, 0.15) is 43.0 Å². The number of nitrogens with zero attached hydrogens (tertiary/aromatic N) is 2. The Kier molecular flexibility index (Phi) is 7.60. The molecule has 0 unspecified atom stereocenters. The van der Waals surface area contributed by atoms with Gasteiger partial charge in [0.1, 0.15) is 11.1 Å². The Hall–Kier alpha value is -3.11. The largest absolute Gasteiger partial charge is 0.415 e. The molecule has 0 bridgehead atoms.